The zero-order valence-electron chi connectivity index (χ0n) is 27.4. The molecule has 0 amide bonds. The van der Waals surface area contributed by atoms with Crippen molar-refractivity contribution in [2.45, 2.75) is 90.9 Å². The van der Waals surface area contributed by atoms with Gasteiger partial charge in [-0.15, -0.1) is 0 Å². The van der Waals surface area contributed by atoms with Crippen LogP contribution in [0.3, 0.4) is 0 Å². The monoisotopic (exact) mass is 604 g/mol. The molecule has 2 atom stereocenters. The minimum Gasteiger partial charge on any atom is -0.494 e. The van der Waals surface area contributed by atoms with Crippen LogP contribution in [0, 0.1) is 11.8 Å². The standard InChI is InChI=1S/C38H56N2O4/c1-3-43-35-21-17-31(18-22-35)37(41)33(29-39-25-11-5-6-12-26-39)15-9-10-16-34(30-40-27-13-7-8-14-28-40)38(42)32-19-23-36(24-20-32)44-4-2/h17-24,33-34H,3-16,25-30H2,1-2H3/t33-,34-/m1/s1. The van der Waals surface area contributed by atoms with E-state index in [2.05, 4.69) is 9.80 Å². The van der Waals surface area contributed by atoms with Crippen molar-refractivity contribution < 1.29 is 19.1 Å². The minimum absolute atomic E-state index is 0.0306. The quantitative estimate of drug-likeness (QED) is 0.134. The molecule has 0 aliphatic carbocycles. The van der Waals surface area contributed by atoms with Gasteiger partial charge in [0.25, 0.3) is 0 Å². The molecule has 0 unspecified atom stereocenters. The van der Waals surface area contributed by atoms with Gasteiger partial charge in [0.1, 0.15) is 11.5 Å². The van der Waals surface area contributed by atoms with Gasteiger partial charge in [0.05, 0.1) is 13.2 Å². The summed E-state index contributed by atoms with van der Waals surface area (Å²) >= 11 is 0. The molecule has 2 heterocycles. The molecule has 2 aliphatic heterocycles. The summed E-state index contributed by atoms with van der Waals surface area (Å²) in [5, 5.41) is 0. The Morgan fingerprint density at radius 2 is 0.909 bits per heavy atom. The van der Waals surface area contributed by atoms with Gasteiger partial charge in [0, 0.05) is 36.1 Å². The summed E-state index contributed by atoms with van der Waals surface area (Å²) in [4.78, 5) is 32.7. The van der Waals surface area contributed by atoms with Gasteiger partial charge in [0.2, 0.25) is 0 Å². The van der Waals surface area contributed by atoms with Gasteiger partial charge in [0.15, 0.2) is 11.6 Å². The van der Waals surface area contributed by atoms with Crippen molar-refractivity contribution in [1.82, 2.24) is 9.80 Å². The molecule has 0 N–H and O–H groups in total. The van der Waals surface area contributed by atoms with Crippen molar-refractivity contribution >= 4 is 11.6 Å². The second kappa shape index (κ2) is 19.0. The number of carbonyl (C=O) groups is 2. The van der Waals surface area contributed by atoms with E-state index in [4.69, 9.17) is 9.47 Å². The number of unbranched alkanes of at least 4 members (excludes halogenated alkanes) is 1. The fraction of sp³-hybridized carbons (Fsp3) is 0.632. The Hall–Kier alpha value is -2.70. The Morgan fingerprint density at radius 3 is 1.23 bits per heavy atom. The van der Waals surface area contributed by atoms with Gasteiger partial charge in [-0.25, -0.2) is 0 Å². The van der Waals surface area contributed by atoms with Crippen LogP contribution in [0.4, 0.5) is 0 Å². The predicted octanol–water partition coefficient (Wildman–Crippen LogP) is 8.09. The maximum atomic E-state index is 13.8. The van der Waals surface area contributed by atoms with Crippen LogP contribution < -0.4 is 9.47 Å². The van der Waals surface area contributed by atoms with Crippen LogP contribution in [-0.4, -0.2) is 73.8 Å². The van der Waals surface area contributed by atoms with E-state index in [1.54, 1.807) is 0 Å². The molecule has 0 spiro atoms. The summed E-state index contributed by atoms with van der Waals surface area (Å²) in [6, 6.07) is 15.4. The van der Waals surface area contributed by atoms with Crippen molar-refractivity contribution in [2.75, 3.05) is 52.5 Å². The first-order valence-electron chi connectivity index (χ1n) is 17.6. The van der Waals surface area contributed by atoms with E-state index in [1.807, 2.05) is 62.4 Å². The summed E-state index contributed by atoms with van der Waals surface area (Å²) < 4.78 is 11.2. The zero-order chi connectivity index (χ0) is 31.0. The molecule has 0 aromatic heterocycles. The van der Waals surface area contributed by atoms with Crippen LogP contribution in [0.15, 0.2) is 48.5 Å². The van der Waals surface area contributed by atoms with Crippen LogP contribution in [0.5, 0.6) is 11.5 Å². The van der Waals surface area contributed by atoms with Crippen molar-refractivity contribution in [3.05, 3.63) is 59.7 Å². The second-order valence-corrected chi connectivity index (χ2v) is 12.8. The van der Waals surface area contributed by atoms with Gasteiger partial charge in [-0.3, -0.25) is 9.59 Å². The molecule has 242 valence electrons. The molecule has 2 aromatic carbocycles. The van der Waals surface area contributed by atoms with E-state index in [0.29, 0.717) is 13.2 Å². The molecule has 4 rings (SSSR count). The third-order valence-electron chi connectivity index (χ3n) is 9.35. The first-order valence-corrected chi connectivity index (χ1v) is 17.6. The number of likely N-dealkylation sites (tertiary alicyclic amines) is 2. The molecule has 2 aliphatic rings. The highest BCUT2D eigenvalue weighted by Gasteiger charge is 2.26. The SMILES string of the molecule is CCOc1ccc(C(=O)[C@H](CCCC[C@H](CN2CCCCCC2)C(=O)c2ccc(OCC)cc2)CN2CCCCCC2)cc1. The topological polar surface area (TPSA) is 59.1 Å². The number of nitrogens with zero attached hydrogens (tertiary/aromatic N) is 2. The molecule has 2 saturated heterocycles. The smallest absolute Gasteiger partial charge is 0.167 e. The highest BCUT2D eigenvalue weighted by atomic mass is 16.5. The summed E-state index contributed by atoms with van der Waals surface area (Å²) in [5.74, 6) is 2.03. The Balaban J connectivity index is 1.41. The number of carbonyl (C=O) groups excluding carboxylic acids is 2. The lowest BCUT2D eigenvalue weighted by Crippen LogP contribution is -2.35. The molecule has 0 radical (unpaired) electrons. The van der Waals surface area contributed by atoms with E-state index in [9.17, 15) is 9.59 Å². The molecular formula is C38H56N2O4. The average Bonchev–Trinajstić information content (AvgIpc) is 3.47. The number of ketones is 2. The molecule has 6 heteroatoms. The van der Waals surface area contributed by atoms with Crippen LogP contribution >= 0.6 is 0 Å². The summed E-state index contributed by atoms with van der Waals surface area (Å²) in [6.45, 7) is 11.2. The van der Waals surface area contributed by atoms with Gasteiger partial charge in [-0.2, -0.15) is 0 Å². The minimum atomic E-state index is -0.0306. The van der Waals surface area contributed by atoms with Crippen molar-refractivity contribution in [2.24, 2.45) is 11.8 Å². The lowest BCUT2D eigenvalue weighted by molar-refractivity contribution is 0.0848. The lowest BCUT2D eigenvalue weighted by Gasteiger charge is -2.27. The Kier molecular flexibility index (Phi) is 14.7. The molecule has 6 nitrogen and oxygen atoms in total. The number of rotatable bonds is 17. The molecule has 0 bridgehead atoms. The first kappa shape index (κ1) is 34.2. The van der Waals surface area contributed by atoms with Crippen LogP contribution in [0.25, 0.3) is 0 Å². The van der Waals surface area contributed by atoms with Gasteiger partial charge in [-0.05, 0) is 127 Å². The van der Waals surface area contributed by atoms with Crippen LogP contribution in [0.1, 0.15) is 112 Å². The number of Topliss-reactive ketones (excluding diaryl/α,β-unsaturated/α-hetero) is 2. The van der Waals surface area contributed by atoms with Crippen molar-refractivity contribution in [3.63, 3.8) is 0 Å². The molecule has 2 aromatic rings. The van der Waals surface area contributed by atoms with E-state index in [0.717, 1.165) is 87.6 Å². The van der Waals surface area contributed by atoms with E-state index < -0.39 is 0 Å². The number of hydrogen-bond donors (Lipinski definition) is 0. The predicted molar refractivity (Wildman–Crippen MR) is 179 cm³/mol. The number of ether oxygens (including phenoxy) is 2. The highest BCUT2D eigenvalue weighted by Crippen LogP contribution is 2.25. The summed E-state index contributed by atoms with van der Waals surface area (Å²) in [6.07, 6.45) is 13.6. The first-order chi connectivity index (χ1) is 21.6. The third-order valence-corrected chi connectivity index (χ3v) is 9.35. The maximum absolute atomic E-state index is 13.8. The van der Waals surface area contributed by atoms with Crippen LogP contribution in [0.2, 0.25) is 0 Å². The summed E-state index contributed by atoms with van der Waals surface area (Å²) in [5.41, 5.74) is 1.55. The molecular weight excluding hydrogens is 548 g/mol. The van der Waals surface area contributed by atoms with Gasteiger partial charge in [-0.1, -0.05) is 38.5 Å². The molecule has 44 heavy (non-hydrogen) atoms. The Bertz CT molecular complexity index is 1010. The van der Waals surface area contributed by atoms with E-state index in [-0.39, 0.29) is 23.4 Å². The zero-order valence-corrected chi connectivity index (χ0v) is 27.4. The second-order valence-electron chi connectivity index (χ2n) is 12.8. The Labute approximate surface area is 266 Å². The van der Waals surface area contributed by atoms with E-state index >= 15 is 0 Å². The molecule has 0 saturated carbocycles. The Morgan fingerprint density at radius 1 is 0.568 bits per heavy atom. The van der Waals surface area contributed by atoms with Crippen molar-refractivity contribution in [1.29, 1.82) is 0 Å². The fourth-order valence-corrected chi connectivity index (χ4v) is 6.89. The maximum Gasteiger partial charge on any atom is 0.167 e. The normalized spacial score (nSPS) is 18.1. The van der Waals surface area contributed by atoms with E-state index in [1.165, 1.54) is 51.4 Å². The lowest BCUT2D eigenvalue weighted by atomic mass is 9.88. The van der Waals surface area contributed by atoms with Gasteiger partial charge < -0.3 is 19.3 Å². The number of hydrogen-bond acceptors (Lipinski definition) is 6. The number of benzene rings is 2. The van der Waals surface area contributed by atoms with Crippen molar-refractivity contribution in [3.8, 4) is 11.5 Å². The fourth-order valence-electron chi connectivity index (χ4n) is 6.89. The third kappa shape index (κ3) is 11.0. The molecule has 2 fully saturated rings. The average molecular weight is 605 g/mol. The van der Waals surface area contributed by atoms with Crippen LogP contribution in [-0.2, 0) is 0 Å². The van der Waals surface area contributed by atoms with Gasteiger partial charge >= 0.3 is 0 Å². The largest absolute Gasteiger partial charge is 0.494 e. The summed E-state index contributed by atoms with van der Waals surface area (Å²) in [7, 11) is 0. The highest BCUT2D eigenvalue weighted by molar-refractivity contribution is 5.98.